The summed E-state index contributed by atoms with van der Waals surface area (Å²) >= 11 is 0.979. The van der Waals surface area contributed by atoms with Crippen LogP contribution in [-0.2, 0) is 21.2 Å². The van der Waals surface area contributed by atoms with Gasteiger partial charge in [0.25, 0.3) is 5.24 Å². The smallest absolute Gasteiger partial charge is 0.273 e. The molecule has 124 valence electrons. The zero-order valence-electron chi connectivity index (χ0n) is 12.8. The maximum absolute atomic E-state index is 12.7. The van der Waals surface area contributed by atoms with Crippen LogP contribution in [0, 0.1) is 0 Å². The summed E-state index contributed by atoms with van der Waals surface area (Å²) in [6, 6.07) is 6.50. The monoisotopic (exact) mass is 354 g/mol. The molecule has 0 spiro atoms. The third-order valence-corrected chi connectivity index (χ3v) is 6.96. The molecule has 3 rings (SSSR count). The van der Waals surface area contributed by atoms with Crippen molar-refractivity contribution in [3.8, 4) is 0 Å². The van der Waals surface area contributed by atoms with Crippen LogP contribution >= 0.6 is 11.8 Å². The molecule has 2 heterocycles. The van der Waals surface area contributed by atoms with E-state index in [-0.39, 0.29) is 34.4 Å². The van der Waals surface area contributed by atoms with Crippen LogP contribution in [0.4, 0.5) is 4.79 Å². The van der Waals surface area contributed by atoms with Crippen LogP contribution in [0.15, 0.2) is 29.2 Å². The summed E-state index contributed by atoms with van der Waals surface area (Å²) in [5.41, 5.74) is 1.08. The van der Waals surface area contributed by atoms with Crippen LogP contribution in [0.1, 0.15) is 18.9 Å². The van der Waals surface area contributed by atoms with Gasteiger partial charge in [-0.25, -0.2) is 8.42 Å². The third-order valence-electron chi connectivity index (χ3n) is 4.25. The van der Waals surface area contributed by atoms with Gasteiger partial charge in [0.05, 0.1) is 16.7 Å². The quantitative estimate of drug-likeness (QED) is 0.823. The van der Waals surface area contributed by atoms with Crippen LogP contribution in [0.2, 0.25) is 0 Å². The summed E-state index contributed by atoms with van der Waals surface area (Å²) in [4.78, 5) is 25.0. The zero-order chi connectivity index (χ0) is 16.6. The average molecular weight is 354 g/mol. The zero-order valence-corrected chi connectivity index (χ0v) is 14.4. The summed E-state index contributed by atoms with van der Waals surface area (Å²) < 4.78 is 26.7. The maximum Gasteiger partial charge on any atom is 0.289 e. The fourth-order valence-electron chi connectivity index (χ4n) is 2.90. The average Bonchev–Trinajstić information content (AvgIpc) is 3.14. The first-order chi connectivity index (χ1) is 10.9. The van der Waals surface area contributed by atoms with E-state index in [1.54, 1.807) is 12.1 Å². The topological polar surface area (TPSA) is 74.8 Å². The SMILES string of the molecule is CCc1ccc(S(=O)(=O)N2CCC(N3C(=O)CSC3=O)C2)cc1. The Bertz CT molecular complexity index is 714. The van der Waals surface area contributed by atoms with Crippen LogP contribution in [-0.4, -0.2) is 53.7 Å². The first kappa shape index (κ1) is 16.5. The highest BCUT2D eigenvalue weighted by Gasteiger charge is 2.42. The summed E-state index contributed by atoms with van der Waals surface area (Å²) in [5, 5.41) is -0.272. The molecular formula is C15H18N2O4S2. The number of rotatable bonds is 4. The molecule has 0 aromatic heterocycles. The van der Waals surface area contributed by atoms with Gasteiger partial charge in [-0.1, -0.05) is 30.8 Å². The Hall–Kier alpha value is -1.38. The number of aryl methyl sites for hydroxylation is 1. The second kappa shape index (κ2) is 6.26. The van der Waals surface area contributed by atoms with Crippen molar-refractivity contribution in [2.45, 2.75) is 30.7 Å². The lowest BCUT2D eigenvalue weighted by molar-refractivity contribution is -0.126. The van der Waals surface area contributed by atoms with Gasteiger partial charge in [0, 0.05) is 13.1 Å². The van der Waals surface area contributed by atoms with Crippen LogP contribution in [0.25, 0.3) is 0 Å². The predicted octanol–water partition coefficient (Wildman–Crippen LogP) is 1.71. The van der Waals surface area contributed by atoms with Crippen LogP contribution in [0.3, 0.4) is 0 Å². The van der Waals surface area contributed by atoms with Gasteiger partial charge in [-0.05, 0) is 30.5 Å². The van der Waals surface area contributed by atoms with E-state index < -0.39 is 10.0 Å². The van der Waals surface area contributed by atoms with Gasteiger partial charge >= 0.3 is 0 Å². The van der Waals surface area contributed by atoms with E-state index in [1.165, 1.54) is 9.21 Å². The minimum absolute atomic E-state index is 0.153. The highest BCUT2D eigenvalue weighted by atomic mass is 32.2. The molecule has 0 N–H and O–H groups in total. The molecule has 2 saturated heterocycles. The van der Waals surface area contributed by atoms with Gasteiger partial charge in [-0.3, -0.25) is 14.5 Å². The van der Waals surface area contributed by atoms with E-state index in [9.17, 15) is 18.0 Å². The van der Waals surface area contributed by atoms with Gasteiger partial charge < -0.3 is 0 Å². The molecule has 2 aliphatic heterocycles. The van der Waals surface area contributed by atoms with Crippen LogP contribution < -0.4 is 0 Å². The number of benzene rings is 1. The molecule has 0 aliphatic carbocycles. The largest absolute Gasteiger partial charge is 0.289 e. The Labute approximate surface area is 139 Å². The van der Waals surface area contributed by atoms with E-state index in [0.717, 1.165) is 23.7 Å². The molecule has 0 bridgehead atoms. The lowest BCUT2D eigenvalue weighted by Crippen LogP contribution is -2.41. The number of hydrogen-bond acceptors (Lipinski definition) is 5. The van der Waals surface area contributed by atoms with E-state index in [1.807, 2.05) is 19.1 Å². The van der Waals surface area contributed by atoms with Crippen LogP contribution in [0.5, 0.6) is 0 Å². The molecule has 23 heavy (non-hydrogen) atoms. The van der Waals surface area contributed by atoms with E-state index >= 15 is 0 Å². The number of carbonyl (C=O) groups excluding carboxylic acids is 2. The first-order valence-electron chi connectivity index (χ1n) is 7.51. The van der Waals surface area contributed by atoms with E-state index in [4.69, 9.17) is 0 Å². The maximum atomic E-state index is 12.7. The Morgan fingerprint density at radius 1 is 1.22 bits per heavy atom. The number of carbonyl (C=O) groups is 2. The first-order valence-corrected chi connectivity index (χ1v) is 9.94. The number of nitrogens with zero attached hydrogens (tertiary/aromatic N) is 2. The summed E-state index contributed by atoms with van der Waals surface area (Å²) in [7, 11) is -3.58. The van der Waals surface area contributed by atoms with Gasteiger partial charge in [-0.2, -0.15) is 4.31 Å². The standard InChI is InChI=1S/C15H18N2O4S2/c1-2-11-3-5-13(6-4-11)23(20,21)16-8-7-12(9-16)17-14(18)10-22-15(17)19/h3-6,12H,2,7-10H2,1H3. The second-order valence-electron chi connectivity index (χ2n) is 5.62. The lowest BCUT2D eigenvalue weighted by atomic mass is 10.2. The third kappa shape index (κ3) is 3.02. The van der Waals surface area contributed by atoms with Crippen molar-refractivity contribution in [3.05, 3.63) is 29.8 Å². The molecule has 6 nitrogen and oxygen atoms in total. The Kier molecular flexibility index (Phi) is 4.48. The Morgan fingerprint density at radius 3 is 2.48 bits per heavy atom. The molecule has 1 unspecified atom stereocenters. The Morgan fingerprint density at radius 2 is 1.91 bits per heavy atom. The normalized spacial score (nSPS) is 23.0. The van der Waals surface area contributed by atoms with Crippen molar-refractivity contribution >= 4 is 32.9 Å². The molecule has 1 aromatic carbocycles. The molecule has 0 saturated carbocycles. The van der Waals surface area contributed by atoms with Crippen molar-refractivity contribution in [1.29, 1.82) is 0 Å². The minimum Gasteiger partial charge on any atom is -0.273 e. The fraction of sp³-hybridized carbons (Fsp3) is 0.467. The summed E-state index contributed by atoms with van der Waals surface area (Å²) in [6.45, 7) is 2.51. The Balaban J connectivity index is 1.77. The summed E-state index contributed by atoms with van der Waals surface area (Å²) in [6.07, 6.45) is 1.34. The molecular weight excluding hydrogens is 336 g/mol. The van der Waals surface area contributed by atoms with E-state index in [0.29, 0.717) is 13.0 Å². The lowest BCUT2D eigenvalue weighted by Gasteiger charge is -2.21. The van der Waals surface area contributed by atoms with Crippen molar-refractivity contribution in [2.75, 3.05) is 18.8 Å². The highest BCUT2D eigenvalue weighted by molar-refractivity contribution is 8.14. The van der Waals surface area contributed by atoms with Gasteiger partial charge in [0.1, 0.15) is 0 Å². The molecule has 1 atom stereocenters. The minimum atomic E-state index is -3.58. The molecule has 2 fully saturated rings. The van der Waals surface area contributed by atoms with Crippen molar-refractivity contribution in [2.24, 2.45) is 0 Å². The predicted molar refractivity (Wildman–Crippen MR) is 87.7 cm³/mol. The van der Waals surface area contributed by atoms with Gasteiger partial charge in [-0.15, -0.1) is 0 Å². The number of sulfonamides is 1. The number of hydrogen-bond donors (Lipinski definition) is 0. The molecule has 0 radical (unpaired) electrons. The van der Waals surface area contributed by atoms with Crippen molar-refractivity contribution < 1.29 is 18.0 Å². The highest BCUT2D eigenvalue weighted by Crippen LogP contribution is 2.29. The number of amides is 2. The molecule has 2 amide bonds. The molecule has 2 aliphatic rings. The number of thioether (sulfide) groups is 1. The van der Waals surface area contributed by atoms with Gasteiger partial charge in [0.15, 0.2) is 0 Å². The second-order valence-corrected chi connectivity index (χ2v) is 8.49. The van der Waals surface area contributed by atoms with Crippen molar-refractivity contribution in [1.82, 2.24) is 9.21 Å². The molecule has 1 aromatic rings. The van der Waals surface area contributed by atoms with E-state index in [2.05, 4.69) is 0 Å². The number of imide groups is 1. The fourth-order valence-corrected chi connectivity index (χ4v) is 5.17. The van der Waals surface area contributed by atoms with Crippen molar-refractivity contribution in [3.63, 3.8) is 0 Å². The van der Waals surface area contributed by atoms with Gasteiger partial charge in [0.2, 0.25) is 15.9 Å². The molecule has 8 heteroatoms. The summed E-state index contributed by atoms with van der Waals surface area (Å²) in [5.74, 6) is -0.0721.